The zero-order chi connectivity index (χ0) is 12.6. The van der Waals surface area contributed by atoms with E-state index in [0.717, 1.165) is 10.9 Å². The Bertz CT molecular complexity index is 514. The number of ether oxygens (including phenoxy) is 1. The maximum atomic E-state index is 10.9. The molecule has 0 spiro atoms. The molecule has 1 fully saturated rings. The van der Waals surface area contributed by atoms with Crippen molar-refractivity contribution >= 4 is 12.2 Å². The lowest BCUT2D eigenvalue weighted by Gasteiger charge is -2.16. The second-order valence-electron chi connectivity index (χ2n) is 3.61. The van der Waals surface area contributed by atoms with Gasteiger partial charge in [-0.15, -0.1) is 0 Å². The SMILES string of the molecule is O=c1cnn([C@H]2O[C@@H](CO)[C@@H](O)[C@H]2O)c(=S)[nH]1. The van der Waals surface area contributed by atoms with Crippen molar-refractivity contribution in [2.75, 3.05) is 6.61 Å². The molecule has 0 unspecified atom stereocenters. The van der Waals surface area contributed by atoms with Crippen molar-refractivity contribution in [2.45, 2.75) is 24.5 Å². The molecular weight excluding hydrogens is 250 g/mol. The van der Waals surface area contributed by atoms with Crippen LogP contribution < -0.4 is 5.56 Å². The summed E-state index contributed by atoms with van der Waals surface area (Å²) in [4.78, 5) is 13.2. The van der Waals surface area contributed by atoms with Crippen molar-refractivity contribution in [1.29, 1.82) is 0 Å². The molecule has 9 heteroatoms. The zero-order valence-corrected chi connectivity index (χ0v) is 9.37. The van der Waals surface area contributed by atoms with Gasteiger partial charge in [0.1, 0.15) is 24.5 Å². The van der Waals surface area contributed by atoms with E-state index in [0.29, 0.717) is 0 Å². The molecule has 94 valence electrons. The molecule has 0 bridgehead atoms. The first kappa shape index (κ1) is 12.3. The van der Waals surface area contributed by atoms with Crippen LogP contribution in [-0.2, 0) is 4.74 Å². The lowest BCUT2D eigenvalue weighted by atomic mass is 10.1. The van der Waals surface area contributed by atoms with Crippen molar-refractivity contribution < 1.29 is 20.1 Å². The minimum Gasteiger partial charge on any atom is -0.394 e. The van der Waals surface area contributed by atoms with Crippen molar-refractivity contribution in [3.8, 4) is 0 Å². The van der Waals surface area contributed by atoms with E-state index in [1.54, 1.807) is 0 Å². The highest BCUT2D eigenvalue weighted by atomic mass is 32.1. The Labute approximate surface area is 100 Å². The lowest BCUT2D eigenvalue weighted by molar-refractivity contribution is -0.0607. The van der Waals surface area contributed by atoms with Crippen LogP contribution in [0.4, 0.5) is 0 Å². The van der Waals surface area contributed by atoms with Gasteiger partial charge in [0, 0.05) is 0 Å². The van der Waals surface area contributed by atoms with Crippen LogP contribution in [0.25, 0.3) is 0 Å². The molecule has 2 heterocycles. The average Bonchev–Trinajstić information content (AvgIpc) is 2.57. The van der Waals surface area contributed by atoms with Gasteiger partial charge in [-0.2, -0.15) is 5.10 Å². The molecule has 0 radical (unpaired) electrons. The van der Waals surface area contributed by atoms with Gasteiger partial charge < -0.3 is 20.1 Å². The molecule has 1 aromatic rings. The summed E-state index contributed by atoms with van der Waals surface area (Å²) in [5, 5.41) is 31.9. The fraction of sp³-hybridized carbons (Fsp3) is 0.625. The summed E-state index contributed by atoms with van der Waals surface area (Å²) in [6, 6.07) is 0. The number of hydrogen-bond acceptors (Lipinski definition) is 7. The summed E-state index contributed by atoms with van der Waals surface area (Å²) in [6.45, 7) is -0.439. The third-order valence-corrected chi connectivity index (χ3v) is 2.78. The third-order valence-electron chi connectivity index (χ3n) is 2.50. The molecule has 2 rings (SSSR count). The van der Waals surface area contributed by atoms with Gasteiger partial charge in [-0.3, -0.25) is 9.78 Å². The Morgan fingerprint density at radius 3 is 2.76 bits per heavy atom. The molecule has 4 atom stereocenters. The summed E-state index contributed by atoms with van der Waals surface area (Å²) in [6.07, 6.45) is -3.49. The summed E-state index contributed by atoms with van der Waals surface area (Å²) >= 11 is 4.85. The number of nitrogens with one attached hydrogen (secondary N) is 1. The second-order valence-corrected chi connectivity index (χ2v) is 4.00. The van der Waals surface area contributed by atoms with Gasteiger partial charge in [0.25, 0.3) is 5.56 Å². The quantitative estimate of drug-likeness (QED) is 0.450. The summed E-state index contributed by atoms with van der Waals surface area (Å²) in [5.41, 5.74) is -0.474. The number of H-pyrrole nitrogens is 1. The highest BCUT2D eigenvalue weighted by Crippen LogP contribution is 2.28. The molecule has 1 aromatic heterocycles. The van der Waals surface area contributed by atoms with Gasteiger partial charge in [-0.1, -0.05) is 0 Å². The number of nitrogens with zero attached hydrogens (tertiary/aromatic N) is 2. The van der Waals surface area contributed by atoms with Crippen LogP contribution in [0.2, 0.25) is 0 Å². The van der Waals surface area contributed by atoms with Gasteiger partial charge in [0.15, 0.2) is 11.0 Å². The molecule has 0 saturated carbocycles. The van der Waals surface area contributed by atoms with Gasteiger partial charge in [-0.25, -0.2) is 4.68 Å². The first-order valence-corrected chi connectivity index (χ1v) is 5.26. The molecule has 8 nitrogen and oxygen atoms in total. The molecule has 1 saturated heterocycles. The summed E-state index contributed by atoms with van der Waals surface area (Å²) in [5.74, 6) is 0. The van der Waals surface area contributed by atoms with E-state index in [-0.39, 0.29) is 4.77 Å². The fourth-order valence-electron chi connectivity index (χ4n) is 1.63. The average molecular weight is 261 g/mol. The molecule has 17 heavy (non-hydrogen) atoms. The Hall–Kier alpha value is -1.13. The lowest BCUT2D eigenvalue weighted by Crippen LogP contribution is -2.33. The zero-order valence-electron chi connectivity index (χ0n) is 8.55. The number of aliphatic hydroxyl groups excluding tert-OH is 3. The normalized spacial score (nSPS) is 32.9. The topological polar surface area (TPSA) is 121 Å². The van der Waals surface area contributed by atoms with E-state index >= 15 is 0 Å². The Kier molecular flexibility index (Phi) is 3.35. The smallest absolute Gasteiger partial charge is 0.270 e. The van der Waals surface area contributed by atoms with E-state index in [9.17, 15) is 15.0 Å². The fourth-order valence-corrected chi connectivity index (χ4v) is 1.88. The molecular formula is C8H11N3O5S. The molecule has 0 aromatic carbocycles. The Morgan fingerprint density at radius 2 is 2.24 bits per heavy atom. The van der Waals surface area contributed by atoms with Crippen LogP contribution in [0, 0.1) is 4.77 Å². The molecule has 0 amide bonds. The number of aromatic nitrogens is 3. The van der Waals surface area contributed by atoms with Crippen LogP contribution in [0.15, 0.2) is 11.0 Å². The van der Waals surface area contributed by atoms with E-state index in [1.165, 1.54) is 0 Å². The first-order chi connectivity index (χ1) is 8.04. The highest BCUT2D eigenvalue weighted by Gasteiger charge is 2.43. The Morgan fingerprint density at radius 1 is 1.53 bits per heavy atom. The number of rotatable bonds is 2. The number of aromatic amines is 1. The predicted molar refractivity (Wildman–Crippen MR) is 56.7 cm³/mol. The van der Waals surface area contributed by atoms with Crippen molar-refractivity contribution in [1.82, 2.24) is 14.8 Å². The maximum Gasteiger partial charge on any atom is 0.270 e. The second kappa shape index (κ2) is 4.63. The molecule has 1 aliphatic rings. The van der Waals surface area contributed by atoms with E-state index in [1.807, 2.05) is 0 Å². The van der Waals surface area contributed by atoms with Crippen LogP contribution in [0.3, 0.4) is 0 Å². The highest BCUT2D eigenvalue weighted by molar-refractivity contribution is 7.71. The van der Waals surface area contributed by atoms with Crippen LogP contribution >= 0.6 is 12.2 Å². The largest absolute Gasteiger partial charge is 0.394 e. The van der Waals surface area contributed by atoms with Crippen LogP contribution in [0.1, 0.15) is 6.23 Å². The van der Waals surface area contributed by atoms with E-state index < -0.39 is 36.7 Å². The predicted octanol–water partition coefficient (Wildman–Crippen LogP) is -2.09. The van der Waals surface area contributed by atoms with Crippen molar-refractivity contribution in [3.05, 3.63) is 21.3 Å². The monoisotopic (exact) mass is 261 g/mol. The molecule has 1 aliphatic heterocycles. The number of aliphatic hydroxyl groups is 3. The van der Waals surface area contributed by atoms with E-state index in [4.69, 9.17) is 22.1 Å². The van der Waals surface area contributed by atoms with Gasteiger partial charge in [0.2, 0.25) is 0 Å². The third kappa shape index (κ3) is 2.15. The van der Waals surface area contributed by atoms with Crippen LogP contribution in [0.5, 0.6) is 0 Å². The minimum absolute atomic E-state index is 0.0349. The molecule has 4 N–H and O–H groups in total. The molecule has 0 aliphatic carbocycles. The first-order valence-electron chi connectivity index (χ1n) is 4.85. The Balaban J connectivity index is 2.35. The summed E-state index contributed by atoms with van der Waals surface area (Å²) in [7, 11) is 0. The van der Waals surface area contributed by atoms with Crippen molar-refractivity contribution in [3.63, 3.8) is 0 Å². The van der Waals surface area contributed by atoms with Crippen LogP contribution in [-0.4, -0.2) is 55.0 Å². The van der Waals surface area contributed by atoms with Crippen molar-refractivity contribution in [2.24, 2.45) is 0 Å². The van der Waals surface area contributed by atoms with Gasteiger partial charge >= 0.3 is 0 Å². The van der Waals surface area contributed by atoms with Gasteiger partial charge in [0.05, 0.1) is 6.61 Å². The van der Waals surface area contributed by atoms with Gasteiger partial charge in [-0.05, 0) is 12.2 Å². The maximum absolute atomic E-state index is 10.9. The standard InChI is InChI=1S/C8H11N3O5S/c12-2-3-5(14)6(15)7(16-3)11-8(17)10-4(13)1-9-11/h1,3,5-7,12,14-15H,2H2,(H,10,13,17)/t3-,5+,6+,7-/m0/s1. The van der Waals surface area contributed by atoms with E-state index in [2.05, 4.69) is 10.1 Å². The number of hydrogen-bond donors (Lipinski definition) is 4. The summed E-state index contributed by atoms with van der Waals surface area (Å²) < 4.78 is 6.24. The minimum atomic E-state index is -1.28.